The predicted molar refractivity (Wildman–Crippen MR) is 89.1 cm³/mol. The molecule has 0 spiro atoms. The van der Waals surface area contributed by atoms with Crippen molar-refractivity contribution in [3.8, 4) is 11.5 Å². The van der Waals surface area contributed by atoms with Gasteiger partial charge in [-0.05, 0) is 20.2 Å². The van der Waals surface area contributed by atoms with Crippen molar-refractivity contribution in [2.45, 2.75) is 12.6 Å². The van der Waals surface area contributed by atoms with Crippen LogP contribution in [-0.4, -0.2) is 81.7 Å². The molecule has 2 rings (SSSR count). The highest BCUT2D eigenvalue weighted by Crippen LogP contribution is 2.32. The Kier molecular flexibility index (Phi) is 7.11. The van der Waals surface area contributed by atoms with Crippen LogP contribution in [0.2, 0.25) is 0 Å². The molecule has 0 aromatic heterocycles. The molecule has 1 saturated heterocycles. The lowest BCUT2D eigenvalue weighted by atomic mass is 10.1. The lowest BCUT2D eigenvalue weighted by Gasteiger charge is -2.34. The first-order valence-corrected chi connectivity index (χ1v) is 8.01. The topological polar surface area (TPSA) is 54.4 Å². The van der Waals surface area contributed by atoms with E-state index in [0.717, 1.165) is 30.2 Å². The van der Waals surface area contributed by atoms with Crippen molar-refractivity contribution in [3.05, 3.63) is 23.8 Å². The molecular weight excluding hydrogens is 296 g/mol. The fourth-order valence-corrected chi connectivity index (χ4v) is 2.62. The van der Waals surface area contributed by atoms with Crippen LogP contribution in [0.3, 0.4) is 0 Å². The van der Waals surface area contributed by atoms with Gasteiger partial charge in [-0.25, -0.2) is 0 Å². The Morgan fingerprint density at radius 3 is 2.91 bits per heavy atom. The van der Waals surface area contributed by atoms with E-state index in [2.05, 4.69) is 15.9 Å². The zero-order chi connectivity index (χ0) is 16.7. The number of hydrogen-bond donors (Lipinski definition) is 1. The van der Waals surface area contributed by atoms with Crippen molar-refractivity contribution in [2.75, 3.05) is 60.7 Å². The monoisotopic (exact) mass is 324 g/mol. The van der Waals surface area contributed by atoms with Gasteiger partial charge in [0.05, 0.1) is 33.0 Å². The van der Waals surface area contributed by atoms with Gasteiger partial charge in [-0.15, -0.1) is 0 Å². The SMILES string of the molecule is COc1cccc(CN2CCOC[C@H]2CO)c1OCCN(C)C. The predicted octanol–water partition coefficient (Wildman–Crippen LogP) is 0.829. The summed E-state index contributed by atoms with van der Waals surface area (Å²) in [5.74, 6) is 1.54. The Hall–Kier alpha value is -1.34. The number of methoxy groups -OCH3 is 1. The minimum Gasteiger partial charge on any atom is -0.493 e. The minimum absolute atomic E-state index is 0.0320. The molecule has 0 unspecified atom stereocenters. The molecule has 0 aliphatic carbocycles. The van der Waals surface area contributed by atoms with Crippen LogP contribution < -0.4 is 9.47 Å². The first-order valence-electron chi connectivity index (χ1n) is 8.01. The summed E-state index contributed by atoms with van der Waals surface area (Å²) >= 11 is 0. The van der Waals surface area contributed by atoms with Crippen molar-refractivity contribution in [3.63, 3.8) is 0 Å². The summed E-state index contributed by atoms with van der Waals surface area (Å²) in [7, 11) is 5.70. The summed E-state index contributed by atoms with van der Waals surface area (Å²) in [5.41, 5.74) is 1.07. The lowest BCUT2D eigenvalue weighted by molar-refractivity contribution is -0.0315. The number of para-hydroxylation sites is 1. The van der Waals surface area contributed by atoms with Crippen LogP contribution in [0.1, 0.15) is 5.56 Å². The van der Waals surface area contributed by atoms with E-state index in [1.165, 1.54) is 0 Å². The highest BCUT2D eigenvalue weighted by molar-refractivity contribution is 5.46. The van der Waals surface area contributed by atoms with Gasteiger partial charge in [-0.1, -0.05) is 12.1 Å². The maximum atomic E-state index is 9.53. The second-order valence-corrected chi connectivity index (χ2v) is 5.98. The zero-order valence-corrected chi connectivity index (χ0v) is 14.3. The third-order valence-corrected chi connectivity index (χ3v) is 4.00. The summed E-state index contributed by atoms with van der Waals surface area (Å²) in [4.78, 5) is 4.32. The molecule has 0 radical (unpaired) electrons. The number of aliphatic hydroxyl groups is 1. The normalized spacial score (nSPS) is 19.1. The first-order chi connectivity index (χ1) is 11.2. The van der Waals surface area contributed by atoms with E-state index in [-0.39, 0.29) is 12.6 Å². The third-order valence-electron chi connectivity index (χ3n) is 4.00. The van der Waals surface area contributed by atoms with E-state index < -0.39 is 0 Å². The summed E-state index contributed by atoms with van der Waals surface area (Å²) in [5, 5.41) is 9.53. The van der Waals surface area contributed by atoms with Gasteiger partial charge in [0.2, 0.25) is 0 Å². The van der Waals surface area contributed by atoms with Gasteiger partial charge in [0.1, 0.15) is 6.61 Å². The van der Waals surface area contributed by atoms with Gasteiger partial charge in [-0.2, -0.15) is 0 Å². The molecule has 1 aliphatic heterocycles. The van der Waals surface area contributed by atoms with Crippen LogP contribution >= 0.6 is 0 Å². The summed E-state index contributed by atoms with van der Waals surface area (Å²) in [6, 6.07) is 5.97. The molecule has 130 valence electrons. The molecule has 0 amide bonds. The van der Waals surface area contributed by atoms with Gasteiger partial charge in [0, 0.05) is 25.2 Å². The highest BCUT2D eigenvalue weighted by atomic mass is 16.5. The van der Waals surface area contributed by atoms with E-state index in [9.17, 15) is 5.11 Å². The number of benzene rings is 1. The number of ether oxygens (including phenoxy) is 3. The van der Waals surface area contributed by atoms with Gasteiger partial charge in [0.15, 0.2) is 11.5 Å². The number of likely N-dealkylation sites (N-methyl/N-ethyl adjacent to an activating group) is 1. The molecule has 0 bridgehead atoms. The molecule has 1 aromatic rings. The Labute approximate surface area is 138 Å². The molecule has 6 heteroatoms. The molecule has 1 fully saturated rings. The van der Waals surface area contributed by atoms with E-state index >= 15 is 0 Å². The largest absolute Gasteiger partial charge is 0.493 e. The quantitative estimate of drug-likeness (QED) is 0.764. The number of rotatable bonds is 8. The molecule has 1 heterocycles. The van der Waals surface area contributed by atoms with Gasteiger partial charge in [-0.3, -0.25) is 4.90 Å². The summed E-state index contributed by atoms with van der Waals surface area (Å²) < 4.78 is 16.9. The van der Waals surface area contributed by atoms with Crippen molar-refractivity contribution >= 4 is 0 Å². The second-order valence-electron chi connectivity index (χ2n) is 5.98. The highest BCUT2D eigenvalue weighted by Gasteiger charge is 2.24. The molecule has 1 aromatic carbocycles. The van der Waals surface area contributed by atoms with Gasteiger partial charge >= 0.3 is 0 Å². The van der Waals surface area contributed by atoms with E-state index in [0.29, 0.717) is 26.4 Å². The van der Waals surface area contributed by atoms with Crippen LogP contribution in [0.4, 0.5) is 0 Å². The van der Waals surface area contributed by atoms with Crippen molar-refractivity contribution in [2.24, 2.45) is 0 Å². The van der Waals surface area contributed by atoms with Crippen LogP contribution in [0, 0.1) is 0 Å². The Morgan fingerprint density at radius 2 is 2.22 bits per heavy atom. The van der Waals surface area contributed by atoms with Gasteiger partial charge < -0.3 is 24.2 Å². The standard InChI is InChI=1S/C17H28N2O4/c1-18(2)7-10-23-17-14(5-4-6-16(17)21-3)11-19-8-9-22-13-15(19)12-20/h4-6,15,20H,7-13H2,1-3H3/t15-/m1/s1. The summed E-state index contributed by atoms with van der Waals surface area (Å²) in [6.45, 7) is 4.32. The fourth-order valence-electron chi connectivity index (χ4n) is 2.62. The average Bonchev–Trinajstić information content (AvgIpc) is 2.56. The molecule has 1 aliphatic rings. The molecule has 0 saturated carbocycles. The van der Waals surface area contributed by atoms with Crippen LogP contribution in [0.5, 0.6) is 11.5 Å². The molecule has 1 atom stereocenters. The van der Waals surface area contributed by atoms with Crippen molar-refractivity contribution in [1.29, 1.82) is 0 Å². The van der Waals surface area contributed by atoms with Crippen molar-refractivity contribution < 1.29 is 19.3 Å². The smallest absolute Gasteiger partial charge is 0.165 e. The van der Waals surface area contributed by atoms with Crippen LogP contribution in [0.25, 0.3) is 0 Å². The fraction of sp³-hybridized carbons (Fsp3) is 0.647. The number of aliphatic hydroxyl groups excluding tert-OH is 1. The zero-order valence-electron chi connectivity index (χ0n) is 14.3. The van der Waals surface area contributed by atoms with Crippen molar-refractivity contribution in [1.82, 2.24) is 9.80 Å². The summed E-state index contributed by atoms with van der Waals surface area (Å²) in [6.07, 6.45) is 0. The van der Waals surface area contributed by atoms with E-state index in [1.54, 1.807) is 7.11 Å². The van der Waals surface area contributed by atoms with E-state index in [1.807, 2.05) is 26.2 Å². The number of morpholine rings is 1. The molecule has 1 N–H and O–H groups in total. The van der Waals surface area contributed by atoms with Crippen LogP contribution in [0.15, 0.2) is 18.2 Å². The van der Waals surface area contributed by atoms with Crippen LogP contribution in [-0.2, 0) is 11.3 Å². The second kappa shape index (κ2) is 9.08. The molecular formula is C17H28N2O4. The Bertz CT molecular complexity index is 482. The van der Waals surface area contributed by atoms with Gasteiger partial charge in [0.25, 0.3) is 0 Å². The Morgan fingerprint density at radius 1 is 1.39 bits per heavy atom. The maximum absolute atomic E-state index is 9.53. The third kappa shape index (κ3) is 5.07. The number of nitrogens with zero attached hydrogens (tertiary/aromatic N) is 2. The Balaban J connectivity index is 2.12. The molecule has 23 heavy (non-hydrogen) atoms. The maximum Gasteiger partial charge on any atom is 0.165 e. The van der Waals surface area contributed by atoms with E-state index in [4.69, 9.17) is 14.2 Å². The number of hydrogen-bond acceptors (Lipinski definition) is 6. The first kappa shape index (κ1) is 18.0. The minimum atomic E-state index is 0.0320. The molecule has 6 nitrogen and oxygen atoms in total. The average molecular weight is 324 g/mol. The lowest BCUT2D eigenvalue weighted by Crippen LogP contribution is -2.46.